The molecule has 0 bridgehead atoms. The number of likely N-dealkylation sites (tertiary alicyclic amines) is 1. The van der Waals surface area contributed by atoms with Crippen LogP contribution < -0.4 is 5.32 Å². The van der Waals surface area contributed by atoms with E-state index in [1.54, 1.807) is 11.0 Å². The van der Waals surface area contributed by atoms with Crippen LogP contribution in [0.2, 0.25) is 10.0 Å². The van der Waals surface area contributed by atoms with Crippen molar-refractivity contribution < 1.29 is 9.18 Å². The van der Waals surface area contributed by atoms with Crippen LogP contribution in [0.1, 0.15) is 48.6 Å². The molecule has 3 aromatic rings. The molecule has 168 valence electrons. The van der Waals surface area contributed by atoms with Crippen LogP contribution in [0.4, 0.5) is 14.9 Å². The first-order valence-electron chi connectivity index (χ1n) is 10.6. The van der Waals surface area contributed by atoms with E-state index in [0.717, 1.165) is 47.1 Å². The number of benzene rings is 2. The molecule has 1 aromatic heterocycles. The van der Waals surface area contributed by atoms with Crippen LogP contribution in [0.3, 0.4) is 0 Å². The summed E-state index contributed by atoms with van der Waals surface area (Å²) >= 11 is 12.1. The molecule has 1 fully saturated rings. The van der Waals surface area contributed by atoms with E-state index < -0.39 is 5.82 Å². The lowest BCUT2D eigenvalue weighted by Crippen LogP contribution is -2.36. The Morgan fingerprint density at radius 2 is 2.03 bits per heavy atom. The molecular weight excluding hydrogens is 452 g/mol. The summed E-state index contributed by atoms with van der Waals surface area (Å²) in [5, 5.41) is 12.4. The minimum Gasteiger partial charge on any atom is -0.314 e. The zero-order valence-corrected chi connectivity index (χ0v) is 19.4. The number of nitrogens with one attached hydrogen (secondary N) is 1. The number of aromatic nitrogens is 3. The zero-order chi connectivity index (χ0) is 22.8. The zero-order valence-electron chi connectivity index (χ0n) is 17.9. The topological polar surface area (TPSA) is 63.1 Å². The van der Waals surface area contributed by atoms with Crippen molar-refractivity contribution >= 4 is 34.9 Å². The molecular formula is C23H24Cl2FN5O. The summed E-state index contributed by atoms with van der Waals surface area (Å²) in [6, 6.07) is 9.55. The highest BCUT2D eigenvalue weighted by Gasteiger charge is 2.34. The van der Waals surface area contributed by atoms with E-state index >= 15 is 0 Å². The number of carbonyl (C=O) groups is 1. The van der Waals surface area contributed by atoms with Crippen LogP contribution in [0.25, 0.3) is 0 Å². The van der Waals surface area contributed by atoms with E-state index in [0.29, 0.717) is 13.1 Å². The van der Waals surface area contributed by atoms with Gasteiger partial charge in [0.25, 0.3) is 0 Å². The predicted octanol–water partition coefficient (Wildman–Crippen LogP) is 6.01. The van der Waals surface area contributed by atoms with E-state index in [9.17, 15) is 9.18 Å². The van der Waals surface area contributed by atoms with Crippen molar-refractivity contribution in [1.82, 2.24) is 19.7 Å². The third-order valence-electron chi connectivity index (χ3n) is 5.78. The molecule has 1 aliphatic rings. The molecule has 0 aliphatic carbocycles. The van der Waals surface area contributed by atoms with Gasteiger partial charge in [-0.25, -0.2) is 9.18 Å². The fourth-order valence-corrected chi connectivity index (χ4v) is 4.49. The Balaban J connectivity index is 1.57. The number of rotatable bonds is 5. The van der Waals surface area contributed by atoms with Gasteiger partial charge in [0.05, 0.1) is 18.3 Å². The molecule has 2 aromatic carbocycles. The monoisotopic (exact) mass is 475 g/mol. The van der Waals surface area contributed by atoms with E-state index in [1.165, 1.54) is 12.1 Å². The second-order valence-electron chi connectivity index (χ2n) is 7.88. The summed E-state index contributed by atoms with van der Waals surface area (Å²) in [5.41, 5.74) is 2.27. The highest BCUT2D eigenvalue weighted by Crippen LogP contribution is 2.33. The Morgan fingerprint density at radius 3 is 2.78 bits per heavy atom. The van der Waals surface area contributed by atoms with Gasteiger partial charge in [0.1, 0.15) is 11.6 Å². The number of nitrogens with zero attached hydrogens (tertiary/aromatic N) is 4. The van der Waals surface area contributed by atoms with Crippen LogP contribution >= 0.6 is 23.2 Å². The molecule has 1 saturated heterocycles. The number of aryl methyl sites for hydroxylation is 2. The maximum absolute atomic E-state index is 14.2. The Labute approximate surface area is 196 Å². The van der Waals surface area contributed by atoms with Gasteiger partial charge < -0.3 is 14.8 Å². The van der Waals surface area contributed by atoms with Crippen LogP contribution in [0, 0.1) is 12.7 Å². The molecule has 0 unspecified atom stereocenters. The number of amides is 2. The fraction of sp³-hybridized carbons (Fsp3) is 0.348. The van der Waals surface area contributed by atoms with Gasteiger partial charge in [0, 0.05) is 16.6 Å². The van der Waals surface area contributed by atoms with E-state index in [-0.39, 0.29) is 22.8 Å². The molecule has 1 N–H and O–H groups in total. The molecule has 0 radical (unpaired) electrons. The van der Waals surface area contributed by atoms with Crippen molar-refractivity contribution in [2.75, 3.05) is 11.9 Å². The van der Waals surface area contributed by atoms with E-state index in [2.05, 4.69) is 28.5 Å². The highest BCUT2D eigenvalue weighted by atomic mass is 35.5. The normalized spacial score (nSPS) is 15.9. The standard InChI is InChI=1S/C23H24Cl2FN5O/c1-3-16-11-15(6-8-18(16)25)13-31-14(2)28-29-22(31)21-5-4-10-30(21)23(32)27-20-9-7-17(24)12-19(20)26/h6-9,11-12,21H,3-5,10,13H2,1-2H3,(H,27,32)/t21-/m1/s1. The molecule has 1 aliphatic heterocycles. The van der Waals surface area contributed by atoms with Crippen molar-refractivity contribution in [1.29, 1.82) is 0 Å². The van der Waals surface area contributed by atoms with Gasteiger partial charge >= 0.3 is 6.03 Å². The SMILES string of the molecule is CCc1cc(Cn2c(C)nnc2[C@H]2CCCN2C(=O)Nc2ccc(Cl)cc2F)ccc1Cl. The number of carbonyl (C=O) groups excluding carboxylic acids is 1. The first-order chi connectivity index (χ1) is 15.4. The first kappa shape index (κ1) is 22.6. The number of urea groups is 1. The van der Waals surface area contributed by atoms with Gasteiger partial charge in [-0.1, -0.05) is 42.3 Å². The quantitative estimate of drug-likeness (QED) is 0.491. The lowest BCUT2D eigenvalue weighted by molar-refractivity contribution is 0.203. The minimum absolute atomic E-state index is 0.0935. The predicted molar refractivity (Wildman–Crippen MR) is 124 cm³/mol. The molecule has 6 nitrogen and oxygen atoms in total. The summed E-state index contributed by atoms with van der Waals surface area (Å²) in [5.74, 6) is 0.916. The Kier molecular flexibility index (Phi) is 6.67. The Hall–Kier alpha value is -2.64. The average molecular weight is 476 g/mol. The average Bonchev–Trinajstić information content (AvgIpc) is 3.38. The first-order valence-corrected chi connectivity index (χ1v) is 11.3. The highest BCUT2D eigenvalue weighted by molar-refractivity contribution is 6.31. The molecule has 0 spiro atoms. The number of halogens is 3. The number of hydrogen-bond donors (Lipinski definition) is 1. The van der Waals surface area contributed by atoms with Crippen LogP contribution in [0.15, 0.2) is 36.4 Å². The van der Waals surface area contributed by atoms with Crippen molar-refractivity contribution in [3.63, 3.8) is 0 Å². The summed E-state index contributed by atoms with van der Waals surface area (Å²) in [6.45, 7) is 5.10. The molecule has 0 saturated carbocycles. The maximum Gasteiger partial charge on any atom is 0.322 e. The smallest absolute Gasteiger partial charge is 0.314 e. The molecule has 32 heavy (non-hydrogen) atoms. The van der Waals surface area contributed by atoms with Gasteiger partial charge in [-0.15, -0.1) is 10.2 Å². The van der Waals surface area contributed by atoms with E-state index in [4.69, 9.17) is 23.2 Å². The Morgan fingerprint density at radius 1 is 1.22 bits per heavy atom. The molecule has 2 heterocycles. The summed E-state index contributed by atoms with van der Waals surface area (Å²) < 4.78 is 16.2. The lowest BCUT2D eigenvalue weighted by Gasteiger charge is -2.25. The van der Waals surface area contributed by atoms with Crippen LogP contribution in [-0.2, 0) is 13.0 Å². The van der Waals surface area contributed by atoms with Gasteiger partial charge in [0.2, 0.25) is 0 Å². The second kappa shape index (κ2) is 9.46. The summed E-state index contributed by atoms with van der Waals surface area (Å²) in [6.07, 6.45) is 2.43. The largest absolute Gasteiger partial charge is 0.322 e. The third-order valence-corrected chi connectivity index (χ3v) is 6.38. The summed E-state index contributed by atoms with van der Waals surface area (Å²) in [4.78, 5) is 14.7. The third kappa shape index (κ3) is 4.59. The second-order valence-corrected chi connectivity index (χ2v) is 8.72. The van der Waals surface area contributed by atoms with Gasteiger partial charge in [0.15, 0.2) is 5.82 Å². The van der Waals surface area contributed by atoms with Crippen molar-refractivity contribution in [3.8, 4) is 0 Å². The van der Waals surface area contributed by atoms with Crippen molar-refractivity contribution in [2.45, 2.75) is 45.7 Å². The lowest BCUT2D eigenvalue weighted by atomic mass is 10.1. The van der Waals surface area contributed by atoms with Crippen molar-refractivity contribution in [2.24, 2.45) is 0 Å². The molecule has 9 heteroatoms. The molecule has 4 rings (SSSR count). The van der Waals surface area contributed by atoms with Crippen LogP contribution in [0.5, 0.6) is 0 Å². The molecule has 2 amide bonds. The van der Waals surface area contributed by atoms with E-state index in [1.807, 2.05) is 23.6 Å². The summed E-state index contributed by atoms with van der Waals surface area (Å²) in [7, 11) is 0. The Bertz CT molecular complexity index is 1150. The maximum atomic E-state index is 14.2. The fourth-order valence-electron chi connectivity index (χ4n) is 4.08. The molecule has 1 atom stereocenters. The van der Waals surface area contributed by atoms with Crippen molar-refractivity contribution in [3.05, 3.63) is 75.0 Å². The van der Waals surface area contributed by atoms with Crippen LogP contribution in [-0.4, -0.2) is 32.2 Å². The number of hydrogen-bond acceptors (Lipinski definition) is 3. The minimum atomic E-state index is -0.574. The van der Waals surface area contributed by atoms with Gasteiger partial charge in [-0.2, -0.15) is 0 Å². The van der Waals surface area contributed by atoms with Gasteiger partial charge in [-0.05, 0) is 61.6 Å². The number of anilines is 1. The van der Waals surface area contributed by atoms with Gasteiger partial charge in [-0.3, -0.25) is 0 Å².